The van der Waals surface area contributed by atoms with Crippen LogP contribution in [0.1, 0.15) is 44.7 Å². The Labute approximate surface area is 291 Å². The fraction of sp³-hybridized carbons (Fsp3) is 0.514. The Hall–Kier alpha value is -3.03. The highest BCUT2D eigenvalue weighted by Gasteiger charge is 2.54. The van der Waals surface area contributed by atoms with Crippen molar-refractivity contribution in [2.24, 2.45) is 11.7 Å². The van der Waals surface area contributed by atoms with Gasteiger partial charge in [0.15, 0.2) is 5.79 Å². The number of hydrogen-bond acceptors (Lipinski definition) is 9. The molecule has 258 valence electrons. The minimum absolute atomic E-state index is 0.0341. The average Bonchev–Trinajstić information content (AvgIpc) is 3.72. The summed E-state index contributed by atoms with van der Waals surface area (Å²) in [6.07, 6.45) is 6.43. The van der Waals surface area contributed by atoms with Gasteiger partial charge in [-0.25, -0.2) is 9.97 Å². The monoisotopic (exact) mass is 697 g/mol. The van der Waals surface area contributed by atoms with E-state index in [4.69, 9.17) is 38.4 Å². The molecule has 4 aromatic rings. The van der Waals surface area contributed by atoms with Crippen LogP contribution in [0.3, 0.4) is 0 Å². The predicted molar refractivity (Wildman–Crippen MR) is 190 cm³/mol. The second kappa shape index (κ2) is 14.8. The van der Waals surface area contributed by atoms with Crippen LogP contribution in [0.15, 0.2) is 48.9 Å². The zero-order valence-electron chi connectivity index (χ0n) is 27.7. The van der Waals surface area contributed by atoms with Gasteiger partial charge in [0, 0.05) is 32.3 Å². The van der Waals surface area contributed by atoms with E-state index >= 15 is 0 Å². The normalized spacial score (nSPS) is 22.5. The lowest BCUT2D eigenvalue weighted by atomic mass is 10.0. The van der Waals surface area contributed by atoms with Crippen LogP contribution >= 0.6 is 23.2 Å². The largest absolute Gasteiger partial charge is 0.480 e. The van der Waals surface area contributed by atoms with Gasteiger partial charge in [-0.05, 0) is 93.7 Å². The van der Waals surface area contributed by atoms with Crippen molar-refractivity contribution in [1.82, 2.24) is 24.8 Å². The molecule has 5 atom stereocenters. The molecule has 1 unspecified atom stereocenters. The number of benzene rings is 2. The lowest BCUT2D eigenvalue weighted by Crippen LogP contribution is -2.40. The number of nitrogens with one attached hydrogen (secondary N) is 2. The van der Waals surface area contributed by atoms with E-state index in [2.05, 4.69) is 54.5 Å². The van der Waals surface area contributed by atoms with Crippen LogP contribution in [-0.4, -0.2) is 94.3 Å². The van der Waals surface area contributed by atoms with E-state index in [1.165, 1.54) is 5.56 Å². The fourth-order valence-electron chi connectivity index (χ4n) is 7.25. The molecule has 0 radical (unpaired) electrons. The number of carboxylic acids is 1. The first-order chi connectivity index (χ1) is 23.0. The molecule has 5 N–H and O–H groups in total. The Balaban J connectivity index is 1.09. The van der Waals surface area contributed by atoms with Gasteiger partial charge in [0.1, 0.15) is 29.9 Å². The van der Waals surface area contributed by atoms with Crippen LogP contribution in [-0.2, 0) is 20.7 Å². The lowest BCUT2D eigenvalue weighted by Gasteiger charge is -2.29. The molecule has 6 rings (SSSR count). The van der Waals surface area contributed by atoms with Crippen LogP contribution in [0, 0.1) is 5.92 Å². The van der Waals surface area contributed by atoms with Crippen molar-refractivity contribution in [2.45, 2.75) is 69.6 Å². The number of carbonyl (C=O) groups is 1. The van der Waals surface area contributed by atoms with Crippen LogP contribution in [0.4, 0.5) is 5.82 Å². The van der Waals surface area contributed by atoms with E-state index < -0.39 is 17.8 Å². The van der Waals surface area contributed by atoms with Crippen molar-refractivity contribution >= 4 is 56.8 Å². The Morgan fingerprint density at radius 3 is 2.65 bits per heavy atom. The summed E-state index contributed by atoms with van der Waals surface area (Å²) in [5.74, 6) is -0.718. The van der Waals surface area contributed by atoms with Gasteiger partial charge in [0.25, 0.3) is 0 Å². The molecular weight excluding hydrogens is 653 g/mol. The average molecular weight is 699 g/mol. The van der Waals surface area contributed by atoms with E-state index in [0.29, 0.717) is 23.0 Å². The Bertz CT molecular complexity index is 1750. The molecular formula is C35H45Cl2N7O4. The summed E-state index contributed by atoms with van der Waals surface area (Å²) >= 11 is 12.4. The molecule has 2 fully saturated rings. The first-order valence-electron chi connectivity index (χ1n) is 16.7. The number of nitrogens with two attached hydrogens (primary N) is 1. The molecule has 1 saturated carbocycles. The van der Waals surface area contributed by atoms with Crippen LogP contribution < -0.4 is 16.4 Å². The number of nitrogens with zero attached hydrogens (tertiary/aromatic N) is 4. The van der Waals surface area contributed by atoms with Crippen molar-refractivity contribution in [3.05, 3.63) is 64.5 Å². The van der Waals surface area contributed by atoms with Gasteiger partial charge in [0.05, 0.1) is 27.6 Å². The molecule has 0 spiro atoms. The Morgan fingerprint density at radius 2 is 1.88 bits per heavy atom. The third-order valence-electron chi connectivity index (χ3n) is 9.58. The molecule has 2 aliphatic rings. The second-order valence-corrected chi connectivity index (χ2v) is 14.2. The number of ether oxygens (including phenoxy) is 2. The Kier molecular flexibility index (Phi) is 10.8. The zero-order valence-corrected chi connectivity index (χ0v) is 29.2. The highest BCUT2D eigenvalue weighted by Crippen LogP contribution is 2.48. The molecule has 11 nitrogen and oxygen atoms in total. The van der Waals surface area contributed by atoms with E-state index in [-0.39, 0.29) is 24.2 Å². The first kappa shape index (κ1) is 34.8. The van der Waals surface area contributed by atoms with Crippen LogP contribution in [0.2, 0.25) is 10.0 Å². The van der Waals surface area contributed by atoms with Crippen molar-refractivity contribution in [1.29, 1.82) is 0 Å². The SMILES string of the molecule is CNc1ncnc2c1ccn2[C@@H]1C[C@H](CN(CCCNCCc2ccc3cc(Cl)c(Cl)cc3c2)CCC(N)C(=O)O)[C@H]2OC(C)(C)O[C@H]21. The third-order valence-corrected chi connectivity index (χ3v) is 10.3. The number of fused-ring (bicyclic) bond motifs is 3. The van der Waals surface area contributed by atoms with E-state index in [1.54, 1.807) is 6.33 Å². The summed E-state index contributed by atoms with van der Waals surface area (Å²) < 4.78 is 15.2. The topological polar surface area (TPSA) is 140 Å². The second-order valence-electron chi connectivity index (χ2n) is 13.4. The van der Waals surface area contributed by atoms with Gasteiger partial charge in [0.2, 0.25) is 0 Å². The number of anilines is 1. The summed E-state index contributed by atoms with van der Waals surface area (Å²) in [6.45, 7) is 7.76. The summed E-state index contributed by atoms with van der Waals surface area (Å²) in [5.41, 5.74) is 8.03. The highest BCUT2D eigenvalue weighted by molar-refractivity contribution is 6.42. The zero-order chi connectivity index (χ0) is 34.0. The van der Waals surface area contributed by atoms with Crippen molar-refractivity contribution in [2.75, 3.05) is 45.1 Å². The third kappa shape index (κ3) is 7.73. The lowest BCUT2D eigenvalue weighted by molar-refractivity contribution is -0.161. The number of carboxylic acid groups (broad SMARTS) is 1. The van der Waals surface area contributed by atoms with E-state index in [1.807, 2.05) is 39.1 Å². The fourth-order valence-corrected chi connectivity index (χ4v) is 7.59. The number of halogens is 2. The summed E-state index contributed by atoms with van der Waals surface area (Å²) in [6, 6.07) is 11.4. The molecule has 2 aromatic heterocycles. The number of aromatic nitrogens is 3. The smallest absolute Gasteiger partial charge is 0.320 e. The van der Waals surface area contributed by atoms with E-state index in [0.717, 1.165) is 73.1 Å². The van der Waals surface area contributed by atoms with Gasteiger partial charge in [-0.3, -0.25) is 4.79 Å². The molecule has 0 amide bonds. The minimum Gasteiger partial charge on any atom is -0.480 e. The van der Waals surface area contributed by atoms with E-state index in [9.17, 15) is 9.90 Å². The van der Waals surface area contributed by atoms with Crippen LogP contribution in [0.25, 0.3) is 21.8 Å². The van der Waals surface area contributed by atoms with Crippen molar-refractivity contribution < 1.29 is 19.4 Å². The molecule has 1 saturated heterocycles. The molecule has 2 aromatic carbocycles. The highest BCUT2D eigenvalue weighted by atomic mass is 35.5. The summed E-state index contributed by atoms with van der Waals surface area (Å²) in [5, 5.41) is 20.4. The molecule has 13 heteroatoms. The molecule has 3 heterocycles. The molecule has 0 bridgehead atoms. The van der Waals surface area contributed by atoms with Crippen LogP contribution in [0.5, 0.6) is 0 Å². The maximum absolute atomic E-state index is 11.5. The maximum Gasteiger partial charge on any atom is 0.320 e. The van der Waals surface area contributed by atoms with Gasteiger partial charge >= 0.3 is 5.97 Å². The van der Waals surface area contributed by atoms with Gasteiger partial charge in [-0.2, -0.15) is 0 Å². The number of rotatable bonds is 15. The van der Waals surface area contributed by atoms with Crippen molar-refractivity contribution in [3.8, 4) is 0 Å². The Morgan fingerprint density at radius 1 is 1.10 bits per heavy atom. The summed E-state index contributed by atoms with van der Waals surface area (Å²) in [7, 11) is 1.86. The molecule has 48 heavy (non-hydrogen) atoms. The number of hydrogen-bond donors (Lipinski definition) is 4. The van der Waals surface area contributed by atoms with Gasteiger partial charge < -0.3 is 40.4 Å². The van der Waals surface area contributed by atoms with Crippen molar-refractivity contribution in [3.63, 3.8) is 0 Å². The number of aliphatic carboxylic acids is 1. The standard InChI is InChI=1S/C35H45Cl2N7O4/c1-35(2)47-30-24(18-29(31(30)48-35)44-14-8-25-32(39-3)41-20-42-33(25)44)19-43(13-9-28(38)34(45)46)12-4-10-40-11-7-21-5-6-22-16-26(36)27(37)17-23(22)15-21/h5-6,8,14-17,20,24,28-31,40H,4,7,9-13,18-19,38H2,1-3H3,(H,45,46)(H,39,41,42)/t24-,28?,29-,30-,31+/m1/s1. The predicted octanol–water partition coefficient (Wildman–Crippen LogP) is 5.34. The summed E-state index contributed by atoms with van der Waals surface area (Å²) in [4.78, 5) is 22.9. The molecule has 1 aliphatic carbocycles. The molecule has 1 aliphatic heterocycles. The first-order valence-corrected chi connectivity index (χ1v) is 17.4. The quantitative estimate of drug-likeness (QED) is 0.120. The van der Waals surface area contributed by atoms with Gasteiger partial charge in [-0.15, -0.1) is 0 Å². The minimum atomic E-state index is -0.978. The maximum atomic E-state index is 11.5. The van der Waals surface area contributed by atoms with Gasteiger partial charge in [-0.1, -0.05) is 41.4 Å².